The normalized spacial score (nSPS) is 10.1. The molecule has 104 valence electrons. The number of hydrogen-bond donors (Lipinski definition) is 1. The highest BCUT2D eigenvalue weighted by Gasteiger charge is 2.17. The molecular weight excluding hydrogens is 254 g/mol. The molecule has 0 amide bonds. The molecule has 0 aliphatic heterocycles. The van der Waals surface area contributed by atoms with Gasteiger partial charge in [0.15, 0.2) is 0 Å². The quantitative estimate of drug-likeness (QED) is 0.686. The first kappa shape index (κ1) is 13.9. The number of rotatable bonds is 4. The predicted octanol–water partition coefficient (Wildman–Crippen LogP) is 2.94. The number of hydrogen-bond acceptors (Lipinski definition) is 4. The van der Waals surface area contributed by atoms with E-state index < -0.39 is 5.97 Å². The molecule has 2 rings (SSSR count). The van der Waals surface area contributed by atoms with Crippen LogP contribution in [-0.4, -0.2) is 13.1 Å². The Morgan fingerprint density at radius 3 is 2.60 bits per heavy atom. The molecule has 0 spiro atoms. The van der Waals surface area contributed by atoms with Gasteiger partial charge in [0.05, 0.1) is 7.11 Å². The average molecular weight is 271 g/mol. The van der Waals surface area contributed by atoms with E-state index >= 15 is 0 Å². The summed E-state index contributed by atoms with van der Waals surface area (Å²) in [6, 6.07) is 12.8. The molecular formula is C16H17NO3. The predicted molar refractivity (Wildman–Crippen MR) is 77.7 cm³/mol. The molecule has 0 saturated carbocycles. The summed E-state index contributed by atoms with van der Waals surface area (Å²) in [6.45, 7) is 2.18. The van der Waals surface area contributed by atoms with Crippen molar-refractivity contribution in [2.24, 2.45) is 0 Å². The Kier molecular flexibility index (Phi) is 4.25. The lowest BCUT2D eigenvalue weighted by Gasteiger charge is -2.11. The molecule has 20 heavy (non-hydrogen) atoms. The van der Waals surface area contributed by atoms with Crippen LogP contribution in [-0.2, 0) is 11.3 Å². The molecule has 0 aliphatic carbocycles. The lowest BCUT2D eigenvalue weighted by molar-refractivity contribution is 0.0470. The molecule has 0 saturated heterocycles. The van der Waals surface area contributed by atoms with Crippen molar-refractivity contribution in [3.8, 4) is 5.75 Å². The standard InChI is InChI=1S/C16H17NO3/c1-11-6-3-4-7-12(11)10-20-16(18)15-13(17)8-5-9-14(15)19-2/h3-9H,10,17H2,1-2H3. The molecule has 0 atom stereocenters. The van der Waals surface area contributed by atoms with Gasteiger partial charge in [0.25, 0.3) is 0 Å². The third-order valence-corrected chi connectivity index (χ3v) is 3.10. The van der Waals surface area contributed by atoms with Gasteiger partial charge in [0, 0.05) is 5.69 Å². The Hall–Kier alpha value is -2.49. The molecule has 2 aromatic rings. The van der Waals surface area contributed by atoms with Gasteiger partial charge in [-0.25, -0.2) is 4.79 Å². The second kappa shape index (κ2) is 6.10. The topological polar surface area (TPSA) is 61.5 Å². The molecule has 4 nitrogen and oxygen atoms in total. The number of methoxy groups -OCH3 is 1. The maximum Gasteiger partial charge on any atom is 0.344 e. The summed E-state index contributed by atoms with van der Waals surface area (Å²) >= 11 is 0. The summed E-state index contributed by atoms with van der Waals surface area (Å²) < 4.78 is 10.5. The third kappa shape index (κ3) is 2.91. The Morgan fingerprint density at radius 1 is 1.15 bits per heavy atom. The van der Waals surface area contributed by atoms with E-state index in [4.69, 9.17) is 15.2 Å². The summed E-state index contributed by atoms with van der Waals surface area (Å²) in [4.78, 5) is 12.1. The van der Waals surface area contributed by atoms with E-state index in [1.54, 1.807) is 18.2 Å². The van der Waals surface area contributed by atoms with Crippen LogP contribution >= 0.6 is 0 Å². The lowest BCUT2D eigenvalue weighted by Crippen LogP contribution is -2.10. The fourth-order valence-corrected chi connectivity index (χ4v) is 1.92. The van der Waals surface area contributed by atoms with Crippen molar-refractivity contribution in [1.82, 2.24) is 0 Å². The molecule has 4 heteroatoms. The number of carbonyl (C=O) groups excluding carboxylic acids is 1. The molecule has 0 radical (unpaired) electrons. The summed E-state index contributed by atoms with van der Waals surface area (Å²) in [5.41, 5.74) is 8.47. The molecule has 0 aliphatic rings. The van der Waals surface area contributed by atoms with Crippen molar-refractivity contribution < 1.29 is 14.3 Å². The zero-order valence-corrected chi connectivity index (χ0v) is 11.6. The van der Waals surface area contributed by atoms with E-state index in [9.17, 15) is 4.79 Å². The lowest BCUT2D eigenvalue weighted by atomic mass is 10.1. The fourth-order valence-electron chi connectivity index (χ4n) is 1.92. The average Bonchev–Trinajstić information content (AvgIpc) is 2.45. The van der Waals surface area contributed by atoms with Gasteiger partial charge in [0.2, 0.25) is 0 Å². The van der Waals surface area contributed by atoms with Crippen LogP contribution in [0.5, 0.6) is 5.75 Å². The second-order valence-electron chi connectivity index (χ2n) is 4.43. The molecule has 2 aromatic carbocycles. The van der Waals surface area contributed by atoms with Crippen molar-refractivity contribution in [2.45, 2.75) is 13.5 Å². The van der Waals surface area contributed by atoms with Crippen molar-refractivity contribution in [2.75, 3.05) is 12.8 Å². The van der Waals surface area contributed by atoms with Gasteiger partial charge in [-0.2, -0.15) is 0 Å². The third-order valence-electron chi connectivity index (χ3n) is 3.10. The van der Waals surface area contributed by atoms with Gasteiger partial charge in [0.1, 0.15) is 17.9 Å². The highest BCUT2D eigenvalue weighted by Crippen LogP contribution is 2.25. The summed E-state index contributed by atoms with van der Waals surface area (Å²) in [5.74, 6) is -0.0667. The van der Waals surface area contributed by atoms with Gasteiger partial charge < -0.3 is 15.2 Å². The van der Waals surface area contributed by atoms with E-state index in [0.717, 1.165) is 11.1 Å². The molecule has 0 unspecified atom stereocenters. The minimum Gasteiger partial charge on any atom is -0.496 e. The number of ether oxygens (including phenoxy) is 2. The Bertz CT molecular complexity index is 623. The maximum atomic E-state index is 12.1. The second-order valence-corrected chi connectivity index (χ2v) is 4.43. The van der Waals surface area contributed by atoms with E-state index in [1.807, 2.05) is 31.2 Å². The van der Waals surface area contributed by atoms with Gasteiger partial charge >= 0.3 is 5.97 Å². The maximum absolute atomic E-state index is 12.1. The zero-order valence-electron chi connectivity index (χ0n) is 11.6. The van der Waals surface area contributed by atoms with Gasteiger partial charge in [-0.3, -0.25) is 0 Å². The van der Waals surface area contributed by atoms with Crippen LogP contribution in [0, 0.1) is 6.92 Å². The fraction of sp³-hybridized carbons (Fsp3) is 0.188. The Morgan fingerprint density at radius 2 is 1.90 bits per heavy atom. The largest absolute Gasteiger partial charge is 0.496 e. The molecule has 0 heterocycles. The van der Waals surface area contributed by atoms with Crippen molar-refractivity contribution in [3.63, 3.8) is 0 Å². The van der Waals surface area contributed by atoms with E-state index in [1.165, 1.54) is 7.11 Å². The van der Waals surface area contributed by atoms with Crippen LogP contribution < -0.4 is 10.5 Å². The molecule has 2 N–H and O–H groups in total. The zero-order chi connectivity index (χ0) is 14.5. The molecule has 0 bridgehead atoms. The van der Waals surface area contributed by atoms with E-state index in [0.29, 0.717) is 11.4 Å². The number of anilines is 1. The van der Waals surface area contributed by atoms with Gasteiger partial charge in [-0.15, -0.1) is 0 Å². The number of esters is 1. The summed E-state index contributed by atoms with van der Waals surface area (Å²) in [7, 11) is 1.49. The van der Waals surface area contributed by atoms with Crippen LogP contribution in [0.1, 0.15) is 21.5 Å². The first-order valence-electron chi connectivity index (χ1n) is 6.27. The SMILES string of the molecule is COc1cccc(N)c1C(=O)OCc1ccccc1C. The number of carbonyl (C=O) groups is 1. The smallest absolute Gasteiger partial charge is 0.344 e. The highest BCUT2D eigenvalue weighted by molar-refractivity contribution is 5.98. The van der Waals surface area contributed by atoms with Crippen LogP contribution in [0.3, 0.4) is 0 Å². The summed E-state index contributed by atoms with van der Waals surface area (Å²) in [6.07, 6.45) is 0. The van der Waals surface area contributed by atoms with E-state index in [2.05, 4.69) is 0 Å². The van der Waals surface area contributed by atoms with Gasteiger partial charge in [-0.05, 0) is 30.2 Å². The monoisotopic (exact) mass is 271 g/mol. The molecule has 0 fully saturated rings. The molecule has 0 aromatic heterocycles. The Labute approximate surface area is 118 Å². The minimum atomic E-state index is -0.483. The van der Waals surface area contributed by atoms with Crippen LogP contribution in [0.4, 0.5) is 5.69 Å². The number of nitrogens with two attached hydrogens (primary N) is 1. The number of aryl methyl sites for hydroxylation is 1. The Balaban J connectivity index is 2.15. The van der Waals surface area contributed by atoms with Crippen molar-refractivity contribution in [1.29, 1.82) is 0 Å². The van der Waals surface area contributed by atoms with Crippen LogP contribution in [0.2, 0.25) is 0 Å². The number of benzene rings is 2. The number of nitrogen functional groups attached to an aromatic ring is 1. The van der Waals surface area contributed by atoms with Crippen molar-refractivity contribution in [3.05, 3.63) is 59.2 Å². The van der Waals surface area contributed by atoms with Crippen LogP contribution in [0.25, 0.3) is 0 Å². The highest BCUT2D eigenvalue weighted by atomic mass is 16.5. The van der Waals surface area contributed by atoms with E-state index in [-0.39, 0.29) is 12.2 Å². The summed E-state index contributed by atoms with van der Waals surface area (Å²) in [5, 5.41) is 0. The first-order chi connectivity index (χ1) is 9.63. The van der Waals surface area contributed by atoms with Crippen molar-refractivity contribution >= 4 is 11.7 Å². The van der Waals surface area contributed by atoms with Crippen LogP contribution in [0.15, 0.2) is 42.5 Å². The minimum absolute atomic E-state index is 0.211. The first-order valence-corrected chi connectivity index (χ1v) is 6.27. The van der Waals surface area contributed by atoms with Gasteiger partial charge in [-0.1, -0.05) is 30.3 Å².